The zero-order valence-electron chi connectivity index (χ0n) is 13.8. The zero-order chi connectivity index (χ0) is 17.9. The number of aromatic hydroxyl groups is 1. The summed E-state index contributed by atoms with van der Waals surface area (Å²) in [7, 11) is 0. The van der Waals surface area contributed by atoms with Gasteiger partial charge in [-0.3, -0.25) is 4.98 Å². The molecule has 0 bridgehead atoms. The van der Waals surface area contributed by atoms with Crippen molar-refractivity contribution in [1.29, 1.82) is 0 Å². The minimum absolute atomic E-state index is 0.180. The van der Waals surface area contributed by atoms with E-state index in [9.17, 15) is 5.11 Å². The molecule has 0 amide bonds. The van der Waals surface area contributed by atoms with Gasteiger partial charge in [-0.15, -0.1) is 0 Å². The summed E-state index contributed by atoms with van der Waals surface area (Å²) in [6, 6.07) is 21.2. The quantitative estimate of drug-likeness (QED) is 0.483. The maximum absolute atomic E-state index is 10.9. The van der Waals surface area contributed by atoms with Crippen molar-refractivity contribution in [3.8, 4) is 5.75 Å². The number of phenols is 1. The second kappa shape index (κ2) is 7.14. The number of rotatable bonds is 4. The van der Waals surface area contributed by atoms with Gasteiger partial charge in [0.15, 0.2) is 0 Å². The molecule has 0 radical (unpaired) electrons. The summed E-state index contributed by atoms with van der Waals surface area (Å²) in [6.07, 6.45) is 3.43. The second-order valence-electron chi connectivity index (χ2n) is 5.92. The normalized spacial score (nSPS) is 12.0. The Morgan fingerprint density at radius 3 is 2.42 bits per heavy atom. The maximum Gasteiger partial charge on any atom is 0.147 e. The summed E-state index contributed by atoms with van der Waals surface area (Å²) in [5, 5.41) is 15.2. The number of phenolic OH excluding ortho intramolecular Hbond substituents is 1. The van der Waals surface area contributed by atoms with Gasteiger partial charge < -0.3 is 10.4 Å². The van der Waals surface area contributed by atoms with Gasteiger partial charge in [-0.25, -0.2) is 4.98 Å². The third-order valence-corrected chi connectivity index (χ3v) is 4.78. The van der Waals surface area contributed by atoms with Crippen LogP contribution in [0.3, 0.4) is 0 Å². The van der Waals surface area contributed by atoms with Crippen molar-refractivity contribution in [2.75, 3.05) is 5.32 Å². The van der Waals surface area contributed by atoms with E-state index < -0.39 is 0 Å². The van der Waals surface area contributed by atoms with Crippen molar-refractivity contribution in [3.63, 3.8) is 0 Å². The Hall–Kier alpha value is -2.92. The summed E-state index contributed by atoms with van der Waals surface area (Å²) < 4.78 is 1.00. The molecule has 0 fully saturated rings. The molecule has 0 aliphatic carbocycles. The maximum atomic E-state index is 10.9. The number of nitrogens with one attached hydrogen (secondary N) is 1. The Bertz CT molecular complexity index is 1040. The molecule has 0 saturated carbocycles. The smallest absolute Gasteiger partial charge is 0.147 e. The molecular formula is C21H16BrN3O. The van der Waals surface area contributed by atoms with Gasteiger partial charge in [-0.05, 0) is 35.9 Å². The lowest BCUT2D eigenvalue weighted by Gasteiger charge is -2.22. The summed E-state index contributed by atoms with van der Waals surface area (Å²) in [5.74, 6) is 0.917. The third-order valence-electron chi connectivity index (χ3n) is 4.25. The lowest BCUT2D eigenvalue weighted by molar-refractivity contribution is 0.471. The topological polar surface area (TPSA) is 58.0 Å². The molecule has 2 N–H and O–H groups in total. The van der Waals surface area contributed by atoms with Crippen LogP contribution in [0.1, 0.15) is 17.2 Å². The molecule has 4 rings (SSSR count). The molecular weight excluding hydrogens is 390 g/mol. The number of pyridine rings is 2. The van der Waals surface area contributed by atoms with Gasteiger partial charge in [-0.1, -0.05) is 52.3 Å². The first-order valence-corrected chi connectivity index (χ1v) is 9.01. The number of nitrogens with zero attached hydrogens (tertiary/aromatic N) is 2. The summed E-state index contributed by atoms with van der Waals surface area (Å²) in [6.45, 7) is 0. The highest BCUT2D eigenvalue weighted by atomic mass is 79.9. The molecule has 0 saturated heterocycles. The highest BCUT2D eigenvalue weighted by molar-refractivity contribution is 9.10. The van der Waals surface area contributed by atoms with Crippen LogP contribution in [-0.4, -0.2) is 15.1 Å². The minimum Gasteiger partial charge on any atom is -0.505 e. The van der Waals surface area contributed by atoms with E-state index in [0.717, 1.165) is 26.8 Å². The van der Waals surface area contributed by atoms with Crippen LogP contribution in [0.15, 0.2) is 83.6 Å². The van der Waals surface area contributed by atoms with Crippen LogP contribution in [0.2, 0.25) is 0 Å². The van der Waals surface area contributed by atoms with E-state index in [1.807, 2.05) is 66.7 Å². The van der Waals surface area contributed by atoms with Crippen molar-refractivity contribution in [1.82, 2.24) is 9.97 Å². The monoisotopic (exact) mass is 405 g/mol. The molecule has 128 valence electrons. The summed E-state index contributed by atoms with van der Waals surface area (Å²) in [4.78, 5) is 8.70. The van der Waals surface area contributed by atoms with Crippen LogP contribution in [0.4, 0.5) is 5.82 Å². The first-order valence-electron chi connectivity index (χ1n) is 8.22. The SMILES string of the molecule is Oc1c([C@H](Nc2ccccn2)c2ccc(Br)cc2)ccc2cccnc12. The Morgan fingerprint density at radius 1 is 0.846 bits per heavy atom. The number of benzene rings is 2. The fourth-order valence-corrected chi connectivity index (χ4v) is 3.23. The lowest BCUT2D eigenvalue weighted by atomic mass is 9.96. The van der Waals surface area contributed by atoms with E-state index in [2.05, 4.69) is 31.2 Å². The van der Waals surface area contributed by atoms with Crippen molar-refractivity contribution >= 4 is 32.7 Å². The Kier molecular flexibility index (Phi) is 4.54. The molecule has 0 aliphatic heterocycles. The van der Waals surface area contributed by atoms with Crippen LogP contribution < -0.4 is 5.32 Å². The average Bonchev–Trinajstić information content (AvgIpc) is 2.69. The van der Waals surface area contributed by atoms with Gasteiger partial charge in [0.25, 0.3) is 0 Å². The Morgan fingerprint density at radius 2 is 1.65 bits per heavy atom. The number of aromatic nitrogens is 2. The molecule has 4 nitrogen and oxygen atoms in total. The van der Waals surface area contributed by atoms with Crippen molar-refractivity contribution in [2.45, 2.75) is 6.04 Å². The predicted molar refractivity (Wildman–Crippen MR) is 107 cm³/mol. The standard InChI is InChI=1S/C21H16BrN3O/c22-16-9-6-15(7-10-16)19(25-18-5-1-2-12-23-18)17-11-8-14-4-3-13-24-20(14)21(17)26/h1-13,19,26H,(H,23,25)/t19-/m1/s1. The van der Waals surface area contributed by atoms with Gasteiger partial charge in [0.1, 0.15) is 17.1 Å². The molecule has 1 atom stereocenters. The highest BCUT2D eigenvalue weighted by Crippen LogP contribution is 2.36. The molecule has 0 aliphatic rings. The highest BCUT2D eigenvalue weighted by Gasteiger charge is 2.20. The van der Waals surface area contributed by atoms with Crippen LogP contribution in [0.25, 0.3) is 10.9 Å². The van der Waals surface area contributed by atoms with Crippen molar-refractivity contribution in [2.24, 2.45) is 0 Å². The zero-order valence-corrected chi connectivity index (χ0v) is 15.4. The predicted octanol–water partition coefficient (Wildman–Crippen LogP) is 5.30. The summed E-state index contributed by atoms with van der Waals surface area (Å²) >= 11 is 3.47. The molecule has 2 aromatic carbocycles. The number of hydrogen-bond acceptors (Lipinski definition) is 4. The van der Waals surface area contributed by atoms with Gasteiger partial charge in [-0.2, -0.15) is 0 Å². The van der Waals surface area contributed by atoms with Gasteiger partial charge in [0.05, 0.1) is 6.04 Å². The third kappa shape index (κ3) is 3.26. The second-order valence-corrected chi connectivity index (χ2v) is 6.84. The van der Waals surface area contributed by atoms with Gasteiger partial charge >= 0.3 is 0 Å². The first kappa shape index (κ1) is 16.5. The molecule has 5 heteroatoms. The minimum atomic E-state index is -0.260. The fraction of sp³-hybridized carbons (Fsp3) is 0.0476. The lowest BCUT2D eigenvalue weighted by Crippen LogP contribution is -2.13. The Labute approximate surface area is 159 Å². The summed E-state index contributed by atoms with van der Waals surface area (Å²) in [5.41, 5.74) is 2.36. The number of anilines is 1. The number of fused-ring (bicyclic) bond motifs is 1. The number of hydrogen-bond donors (Lipinski definition) is 2. The van der Waals surface area contributed by atoms with Crippen LogP contribution in [-0.2, 0) is 0 Å². The van der Waals surface area contributed by atoms with E-state index in [-0.39, 0.29) is 11.8 Å². The van der Waals surface area contributed by atoms with Gasteiger partial charge in [0.2, 0.25) is 0 Å². The van der Waals surface area contributed by atoms with Crippen molar-refractivity contribution < 1.29 is 5.11 Å². The Balaban J connectivity index is 1.84. The molecule has 0 spiro atoms. The van der Waals surface area contributed by atoms with E-state index in [1.54, 1.807) is 12.4 Å². The fourth-order valence-electron chi connectivity index (χ4n) is 2.97. The first-order chi connectivity index (χ1) is 12.7. The van der Waals surface area contributed by atoms with Gasteiger partial charge in [0, 0.05) is 27.8 Å². The molecule has 4 aromatic rings. The van der Waals surface area contributed by atoms with Crippen molar-refractivity contribution in [3.05, 3.63) is 94.7 Å². The van der Waals surface area contributed by atoms with E-state index in [0.29, 0.717) is 5.52 Å². The van der Waals surface area contributed by atoms with E-state index >= 15 is 0 Å². The molecule has 2 heterocycles. The largest absolute Gasteiger partial charge is 0.505 e. The van der Waals surface area contributed by atoms with E-state index in [1.165, 1.54) is 0 Å². The molecule has 2 aromatic heterocycles. The van der Waals surface area contributed by atoms with E-state index in [4.69, 9.17) is 0 Å². The van der Waals surface area contributed by atoms with Crippen LogP contribution >= 0.6 is 15.9 Å². The number of halogens is 1. The van der Waals surface area contributed by atoms with Crippen LogP contribution in [0.5, 0.6) is 5.75 Å². The van der Waals surface area contributed by atoms with Crippen LogP contribution in [0, 0.1) is 0 Å². The average molecular weight is 406 g/mol. The molecule has 26 heavy (non-hydrogen) atoms. The molecule has 0 unspecified atom stereocenters.